The van der Waals surface area contributed by atoms with Crippen molar-refractivity contribution in [3.05, 3.63) is 65.7 Å². The van der Waals surface area contributed by atoms with E-state index in [1.54, 1.807) is 0 Å². The van der Waals surface area contributed by atoms with Crippen molar-refractivity contribution in [2.75, 3.05) is 17.7 Å². The van der Waals surface area contributed by atoms with Crippen LogP contribution < -0.4 is 10.6 Å². The molecule has 0 bridgehead atoms. The number of carbonyl (C=O) groups excluding carboxylic acids is 2. The lowest BCUT2D eigenvalue weighted by molar-refractivity contribution is -0.114. The van der Waals surface area contributed by atoms with Crippen LogP contribution in [-0.2, 0) is 9.53 Å². The van der Waals surface area contributed by atoms with E-state index in [4.69, 9.17) is 4.74 Å². The van der Waals surface area contributed by atoms with Gasteiger partial charge in [-0.25, -0.2) is 9.78 Å². The van der Waals surface area contributed by atoms with Gasteiger partial charge in [0.1, 0.15) is 11.4 Å². The number of anilines is 3. The summed E-state index contributed by atoms with van der Waals surface area (Å²) >= 11 is 0. The van der Waals surface area contributed by atoms with Crippen LogP contribution in [0.15, 0.2) is 54.6 Å². The highest BCUT2D eigenvalue weighted by molar-refractivity contribution is 6.00. The van der Waals surface area contributed by atoms with Gasteiger partial charge in [-0.05, 0) is 55.0 Å². The Morgan fingerprint density at radius 2 is 1.72 bits per heavy atom. The topological polar surface area (TPSA) is 84.7 Å². The number of amides is 1. The Morgan fingerprint density at radius 3 is 2.41 bits per heavy atom. The number of para-hydroxylation sites is 2. The zero-order chi connectivity index (χ0) is 20.5. The number of hydrogen-bond donors (Lipinski definition) is 2. The van der Waals surface area contributed by atoms with E-state index in [2.05, 4.69) is 15.6 Å². The van der Waals surface area contributed by atoms with Crippen LogP contribution in [0.2, 0.25) is 0 Å². The summed E-state index contributed by atoms with van der Waals surface area (Å²) in [4.78, 5) is 28.3. The van der Waals surface area contributed by atoms with E-state index in [1.165, 1.54) is 14.0 Å². The summed E-state index contributed by atoms with van der Waals surface area (Å²) in [6.45, 7) is 3.33. The average molecular weight is 388 g/mol. The Kier molecular flexibility index (Phi) is 4.64. The Balaban J connectivity index is 1.86. The van der Waals surface area contributed by atoms with E-state index in [-0.39, 0.29) is 5.91 Å². The van der Waals surface area contributed by atoms with Crippen molar-refractivity contribution in [3.63, 3.8) is 0 Å². The highest BCUT2D eigenvalue weighted by atomic mass is 16.5. The first-order chi connectivity index (χ1) is 14.0. The highest BCUT2D eigenvalue weighted by Crippen LogP contribution is 2.29. The second-order valence-corrected chi connectivity index (χ2v) is 6.72. The van der Waals surface area contributed by atoms with Gasteiger partial charge in [-0.1, -0.05) is 12.1 Å². The molecule has 0 spiro atoms. The number of aromatic nitrogens is 2. The highest BCUT2D eigenvalue weighted by Gasteiger charge is 2.20. The number of nitrogens with one attached hydrogen (secondary N) is 2. The summed E-state index contributed by atoms with van der Waals surface area (Å²) in [5.74, 6) is 0.228. The maximum atomic E-state index is 12.4. The molecule has 0 saturated carbocycles. The Hall–Kier alpha value is -3.87. The lowest BCUT2D eigenvalue weighted by Gasteiger charge is -2.14. The van der Waals surface area contributed by atoms with E-state index in [9.17, 15) is 9.59 Å². The number of fused-ring (bicyclic) bond motifs is 3. The molecule has 0 aliphatic heterocycles. The molecule has 2 aromatic carbocycles. The molecule has 0 aliphatic rings. The van der Waals surface area contributed by atoms with E-state index < -0.39 is 5.97 Å². The number of nitrogens with zero attached hydrogens (tertiary/aromatic N) is 2. The monoisotopic (exact) mass is 388 g/mol. The maximum absolute atomic E-state index is 12.4. The van der Waals surface area contributed by atoms with Crippen molar-refractivity contribution in [2.24, 2.45) is 0 Å². The van der Waals surface area contributed by atoms with Crippen molar-refractivity contribution >= 4 is 45.7 Å². The van der Waals surface area contributed by atoms with Gasteiger partial charge < -0.3 is 15.4 Å². The van der Waals surface area contributed by atoms with Crippen LogP contribution in [0, 0.1) is 6.92 Å². The number of carbonyl (C=O) groups is 2. The first-order valence-electron chi connectivity index (χ1n) is 9.11. The Labute approximate surface area is 167 Å². The molecular weight excluding hydrogens is 368 g/mol. The van der Waals surface area contributed by atoms with Gasteiger partial charge in [-0.15, -0.1) is 0 Å². The van der Waals surface area contributed by atoms with Gasteiger partial charge in [0.15, 0.2) is 5.65 Å². The van der Waals surface area contributed by atoms with Crippen LogP contribution in [0.4, 0.5) is 17.2 Å². The molecule has 4 aromatic rings. The summed E-state index contributed by atoms with van der Waals surface area (Å²) in [7, 11) is 1.36. The summed E-state index contributed by atoms with van der Waals surface area (Å²) in [5, 5.41) is 6.14. The number of pyridine rings is 1. The second kappa shape index (κ2) is 7.27. The summed E-state index contributed by atoms with van der Waals surface area (Å²) in [6.07, 6.45) is 0. The normalized spacial score (nSPS) is 10.9. The minimum atomic E-state index is -0.422. The minimum Gasteiger partial charge on any atom is -0.465 e. The van der Waals surface area contributed by atoms with Crippen molar-refractivity contribution in [2.45, 2.75) is 13.8 Å². The predicted molar refractivity (Wildman–Crippen MR) is 113 cm³/mol. The van der Waals surface area contributed by atoms with E-state index in [0.29, 0.717) is 11.2 Å². The van der Waals surface area contributed by atoms with Crippen molar-refractivity contribution < 1.29 is 14.3 Å². The van der Waals surface area contributed by atoms with Gasteiger partial charge >= 0.3 is 5.97 Å². The van der Waals surface area contributed by atoms with Crippen LogP contribution in [0.5, 0.6) is 0 Å². The zero-order valence-electron chi connectivity index (χ0n) is 16.3. The van der Waals surface area contributed by atoms with Crippen molar-refractivity contribution in [1.82, 2.24) is 9.38 Å². The molecule has 7 nitrogen and oxygen atoms in total. The molecule has 1 amide bonds. The van der Waals surface area contributed by atoms with Crippen molar-refractivity contribution in [1.29, 1.82) is 0 Å². The standard InChI is InChI=1S/C22H20N4O3/c1-13-12-19(24-16-10-8-15(9-11-16)23-14(2)27)26-18-7-5-4-6-17(18)25-21(26)20(13)22(28)29-3/h4-12,24H,1-3H3,(H,23,27). The van der Waals surface area contributed by atoms with Crippen LogP contribution in [-0.4, -0.2) is 28.4 Å². The number of methoxy groups -OCH3 is 1. The summed E-state index contributed by atoms with van der Waals surface area (Å²) in [5.41, 5.74) is 4.96. The Bertz CT molecular complexity index is 1240. The van der Waals surface area contributed by atoms with E-state index in [1.807, 2.05) is 65.9 Å². The number of aryl methyl sites for hydroxylation is 1. The molecule has 7 heteroatoms. The van der Waals surface area contributed by atoms with Gasteiger partial charge in [0.2, 0.25) is 5.91 Å². The molecule has 0 saturated heterocycles. The number of benzene rings is 2. The first-order valence-corrected chi connectivity index (χ1v) is 9.11. The number of hydrogen-bond acceptors (Lipinski definition) is 5. The fourth-order valence-electron chi connectivity index (χ4n) is 3.39. The molecular formula is C22H20N4O3. The van der Waals surface area contributed by atoms with Gasteiger partial charge in [0.05, 0.1) is 18.1 Å². The lowest BCUT2D eigenvalue weighted by Crippen LogP contribution is -2.10. The molecule has 4 rings (SSSR count). The molecule has 2 N–H and O–H groups in total. The van der Waals surface area contributed by atoms with Gasteiger partial charge in [0.25, 0.3) is 0 Å². The predicted octanol–water partition coefficient (Wildman–Crippen LogP) is 4.28. The molecule has 0 unspecified atom stereocenters. The molecule has 2 aromatic heterocycles. The second-order valence-electron chi connectivity index (χ2n) is 6.72. The third-order valence-corrected chi connectivity index (χ3v) is 4.64. The van der Waals surface area contributed by atoms with Crippen LogP contribution in [0.1, 0.15) is 22.8 Å². The molecule has 2 heterocycles. The quantitative estimate of drug-likeness (QED) is 0.510. The molecule has 0 atom stereocenters. The first kappa shape index (κ1) is 18.5. The largest absolute Gasteiger partial charge is 0.465 e. The number of esters is 1. The fourth-order valence-corrected chi connectivity index (χ4v) is 3.39. The summed E-state index contributed by atoms with van der Waals surface area (Å²) in [6, 6.07) is 17.0. The maximum Gasteiger partial charge on any atom is 0.341 e. The molecule has 0 fully saturated rings. The average Bonchev–Trinajstić information content (AvgIpc) is 3.08. The molecule has 29 heavy (non-hydrogen) atoms. The minimum absolute atomic E-state index is 0.119. The van der Waals surface area contributed by atoms with Crippen LogP contribution in [0.3, 0.4) is 0 Å². The molecule has 0 aliphatic carbocycles. The SMILES string of the molecule is COC(=O)c1c(C)cc(Nc2ccc(NC(C)=O)cc2)n2c1nc1ccccc12. The van der Waals surface area contributed by atoms with Gasteiger partial charge in [-0.2, -0.15) is 0 Å². The molecule has 146 valence electrons. The fraction of sp³-hybridized carbons (Fsp3) is 0.136. The lowest BCUT2D eigenvalue weighted by atomic mass is 10.1. The van der Waals surface area contributed by atoms with Crippen LogP contribution in [0.25, 0.3) is 16.7 Å². The third-order valence-electron chi connectivity index (χ3n) is 4.64. The zero-order valence-corrected chi connectivity index (χ0v) is 16.3. The van der Waals surface area contributed by atoms with Crippen molar-refractivity contribution in [3.8, 4) is 0 Å². The number of ether oxygens (including phenoxy) is 1. The smallest absolute Gasteiger partial charge is 0.341 e. The summed E-state index contributed by atoms with van der Waals surface area (Å²) < 4.78 is 6.89. The Morgan fingerprint density at radius 1 is 1.03 bits per heavy atom. The van der Waals surface area contributed by atoms with E-state index >= 15 is 0 Å². The number of imidazole rings is 1. The molecule has 0 radical (unpaired) electrons. The number of rotatable bonds is 4. The van der Waals surface area contributed by atoms with Gasteiger partial charge in [-0.3, -0.25) is 9.20 Å². The van der Waals surface area contributed by atoms with E-state index in [0.717, 1.165) is 33.8 Å². The third kappa shape index (κ3) is 3.38. The van der Waals surface area contributed by atoms with Gasteiger partial charge in [0, 0.05) is 18.3 Å². The van der Waals surface area contributed by atoms with Crippen LogP contribution >= 0.6 is 0 Å².